The summed E-state index contributed by atoms with van der Waals surface area (Å²) in [7, 11) is 0. The summed E-state index contributed by atoms with van der Waals surface area (Å²) >= 11 is 0. The van der Waals surface area contributed by atoms with E-state index in [0.29, 0.717) is 32.1 Å². The van der Waals surface area contributed by atoms with E-state index >= 15 is 0 Å². The van der Waals surface area contributed by atoms with Crippen molar-refractivity contribution in [3.8, 4) is 0 Å². The molecule has 0 N–H and O–H groups in total. The van der Waals surface area contributed by atoms with E-state index in [-0.39, 0.29) is 5.97 Å². The van der Waals surface area contributed by atoms with E-state index in [0.717, 1.165) is 0 Å². The van der Waals surface area contributed by atoms with Crippen LogP contribution in [0.3, 0.4) is 0 Å². The van der Waals surface area contributed by atoms with E-state index in [9.17, 15) is 9.18 Å². The van der Waals surface area contributed by atoms with Crippen LogP contribution in [-0.4, -0.2) is 17.2 Å². The number of fused-ring (bicyclic) bond motifs is 2. The maximum atomic E-state index is 13.6. The van der Waals surface area contributed by atoms with Crippen LogP contribution in [0.2, 0.25) is 0 Å². The van der Waals surface area contributed by atoms with Crippen LogP contribution >= 0.6 is 0 Å². The zero-order valence-electron chi connectivity index (χ0n) is 7.23. The fourth-order valence-electron chi connectivity index (χ4n) is 2.53. The molecule has 0 unspecified atom stereocenters. The van der Waals surface area contributed by atoms with Crippen LogP contribution in [-0.2, 0) is 9.53 Å². The Hall–Kier alpha value is -0.600. The predicted molar refractivity (Wildman–Crippen MR) is 41.4 cm³/mol. The van der Waals surface area contributed by atoms with Gasteiger partial charge in [-0.3, -0.25) is 4.79 Å². The zero-order chi connectivity index (χ0) is 8.82. The Balaban J connectivity index is 2.10. The van der Waals surface area contributed by atoms with Crippen LogP contribution in [0.15, 0.2) is 0 Å². The summed E-state index contributed by atoms with van der Waals surface area (Å²) in [5.41, 5.74) is -1.45. The van der Waals surface area contributed by atoms with E-state index < -0.39 is 11.3 Å². The van der Waals surface area contributed by atoms with Crippen LogP contribution in [0.25, 0.3) is 0 Å². The second kappa shape index (κ2) is 2.21. The summed E-state index contributed by atoms with van der Waals surface area (Å²) in [6.45, 7) is 1.39. The minimum Gasteiger partial charge on any atom is -0.459 e. The molecule has 2 bridgehead atoms. The summed E-state index contributed by atoms with van der Waals surface area (Å²) in [6.07, 6.45) is 2.99. The third-order valence-electron chi connectivity index (χ3n) is 3.06. The molecular weight excluding hydrogens is 159 g/mol. The Bertz CT molecular complexity index is 217. The van der Waals surface area contributed by atoms with Crippen molar-refractivity contribution in [2.75, 3.05) is 0 Å². The van der Waals surface area contributed by atoms with Crippen LogP contribution < -0.4 is 0 Å². The van der Waals surface area contributed by atoms with Gasteiger partial charge in [-0.25, -0.2) is 4.39 Å². The molecule has 2 fully saturated rings. The van der Waals surface area contributed by atoms with Gasteiger partial charge >= 0.3 is 5.97 Å². The molecule has 2 saturated carbocycles. The van der Waals surface area contributed by atoms with E-state index in [1.54, 1.807) is 0 Å². The lowest BCUT2D eigenvalue weighted by Crippen LogP contribution is -2.28. The lowest BCUT2D eigenvalue weighted by molar-refractivity contribution is -0.155. The Morgan fingerprint density at radius 1 is 1.33 bits per heavy atom. The summed E-state index contributed by atoms with van der Waals surface area (Å²) in [5, 5.41) is 0. The van der Waals surface area contributed by atoms with Gasteiger partial charge in [-0.05, 0) is 25.7 Å². The van der Waals surface area contributed by atoms with E-state index in [4.69, 9.17) is 4.74 Å². The molecule has 2 rings (SSSR count). The first-order valence-corrected chi connectivity index (χ1v) is 4.42. The maximum Gasteiger partial charge on any atom is 0.303 e. The number of carbonyl (C=O) groups is 1. The van der Waals surface area contributed by atoms with Crippen LogP contribution in [0.5, 0.6) is 0 Å². The first-order valence-electron chi connectivity index (χ1n) is 4.42. The standard InChI is InChI=1S/C9H13FO2/c1-7(11)12-9-4-2-8(10,6-9)3-5-9/h2-6H2,1H3. The molecule has 2 aliphatic rings. The highest BCUT2D eigenvalue weighted by molar-refractivity contribution is 5.66. The smallest absolute Gasteiger partial charge is 0.303 e. The van der Waals surface area contributed by atoms with E-state index in [1.807, 2.05) is 0 Å². The van der Waals surface area contributed by atoms with Gasteiger partial charge in [0.1, 0.15) is 11.3 Å². The average Bonchev–Trinajstić information content (AvgIpc) is 2.39. The van der Waals surface area contributed by atoms with Crippen LogP contribution in [0.1, 0.15) is 39.0 Å². The molecule has 12 heavy (non-hydrogen) atoms. The molecule has 0 aromatic carbocycles. The Labute approximate surface area is 71.1 Å². The van der Waals surface area contributed by atoms with Crippen molar-refractivity contribution in [3.63, 3.8) is 0 Å². The van der Waals surface area contributed by atoms with Gasteiger partial charge in [0.05, 0.1) is 0 Å². The number of hydrogen-bond donors (Lipinski definition) is 0. The van der Waals surface area contributed by atoms with Gasteiger partial charge in [0.15, 0.2) is 0 Å². The average molecular weight is 172 g/mol. The highest BCUT2D eigenvalue weighted by Crippen LogP contribution is 2.54. The van der Waals surface area contributed by atoms with Gasteiger partial charge in [-0.2, -0.15) is 0 Å². The number of alkyl halides is 1. The van der Waals surface area contributed by atoms with Crippen molar-refractivity contribution in [1.29, 1.82) is 0 Å². The van der Waals surface area contributed by atoms with Gasteiger partial charge in [0, 0.05) is 13.3 Å². The first-order chi connectivity index (χ1) is 5.54. The predicted octanol–water partition coefficient (Wildman–Crippen LogP) is 1.97. The highest BCUT2D eigenvalue weighted by Gasteiger charge is 2.57. The number of halogens is 1. The third kappa shape index (κ3) is 1.11. The Kier molecular flexibility index (Phi) is 1.48. The second-order valence-corrected chi connectivity index (χ2v) is 4.10. The number of rotatable bonds is 1. The maximum absolute atomic E-state index is 13.6. The minimum atomic E-state index is -1.02. The molecule has 0 heterocycles. The summed E-state index contributed by atoms with van der Waals surface area (Å²) in [6, 6.07) is 0. The molecule has 2 aliphatic carbocycles. The normalized spacial score (nSPS) is 44.8. The topological polar surface area (TPSA) is 26.3 Å². The number of ether oxygens (including phenoxy) is 1. The van der Waals surface area contributed by atoms with Gasteiger partial charge < -0.3 is 4.74 Å². The molecule has 0 radical (unpaired) electrons. The van der Waals surface area contributed by atoms with Gasteiger partial charge in [0.2, 0.25) is 0 Å². The first kappa shape index (κ1) is 8.02. The monoisotopic (exact) mass is 172 g/mol. The van der Waals surface area contributed by atoms with Gasteiger partial charge in [-0.1, -0.05) is 0 Å². The zero-order valence-corrected chi connectivity index (χ0v) is 7.23. The van der Waals surface area contributed by atoms with Crippen molar-refractivity contribution in [1.82, 2.24) is 0 Å². The quantitative estimate of drug-likeness (QED) is 0.565. The molecule has 0 spiro atoms. The Morgan fingerprint density at radius 3 is 2.25 bits per heavy atom. The molecule has 0 saturated heterocycles. The number of hydrogen-bond acceptors (Lipinski definition) is 2. The molecule has 0 aliphatic heterocycles. The molecule has 0 atom stereocenters. The van der Waals surface area contributed by atoms with Crippen molar-refractivity contribution in [3.05, 3.63) is 0 Å². The van der Waals surface area contributed by atoms with Crippen LogP contribution in [0, 0.1) is 0 Å². The minimum absolute atomic E-state index is 0.277. The fraction of sp³-hybridized carbons (Fsp3) is 0.889. The summed E-state index contributed by atoms with van der Waals surface area (Å²) < 4.78 is 18.8. The summed E-state index contributed by atoms with van der Waals surface area (Å²) in [4.78, 5) is 10.7. The molecular formula is C9H13FO2. The number of esters is 1. The lowest BCUT2D eigenvalue weighted by atomic mass is 9.96. The van der Waals surface area contributed by atoms with Crippen molar-refractivity contribution < 1.29 is 13.9 Å². The van der Waals surface area contributed by atoms with E-state index in [1.165, 1.54) is 6.92 Å². The lowest BCUT2D eigenvalue weighted by Gasteiger charge is -2.25. The SMILES string of the molecule is CC(=O)OC12CCC(F)(CC1)C2. The fourth-order valence-corrected chi connectivity index (χ4v) is 2.53. The van der Waals surface area contributed by atoms with Crippen molar-refractivity contribution in [2.45, 2.75) is 50.3 Å². The Morgan fingerprint density at radius 2 is 1.92 bits per heavy atom. The van der Waals surface area contributed by atoms with Gasteiger partial charge in [-0.15, -0.1) is 0 Å². The summed E-state index contributed by atoms with van der Waals surface area (Å²) in [5.74, 6) is -0.277. The van der Waals surface area contributed by atoms with Crippen LogP contribution in [0.4, 0.5) is 4.39 Å². The third-order valence-corrected chi connectivity index (χ3v) is 3.06. The molecule has 0 aromatic rings. The van der Waals surface area contributed by atoms with E-state index in [2.05, 4.69) is 0 Å². The molecule has 3 heteroatoms. The second-order valence-electron chi connectivity index (χ2n) is 4.10. The highest BCUT2D eigenvalue weighted by atomic mass is 19.1. The molecule has 0 aromatic heterocycles. The molecule has 2 nitrogen and oxygen atoms in total. The molecule has 68 valence electrons. The van der Waals surface area contributed by atoms with Crippen molar-refractivity contribution >= 4 is 5.97 Å². The molecule has 0 amide bonds. The van der Waals surface area contributed by atoms with Gasteiger partial charge in [0.25, 0.3) is 0 Å². The largest absolute Gasteiger partial charge is 0.459 e. The number of carbonyl (C=O) groups excluding carboxylic acids is 1. The van der Waals surface area contributed by atoms with Crippen molar-refractivity contribution in [2.24, 2.45) is 0 Å².